The number of aryl methyl sites for hydroxylation is 1. The molecule has 18 heavy (non-hydrogen) atoms. The minimum absolute atomic E-state index is 0.224. The second-order valence-corrected chi connectivity index (χ2v) is 3.96. The molecule has 0 bridgehead atoms. The Labute approximate surface area is 101 Å². The van der Waals surface area contributed by atoms with Gasteiger partial charge in [-0.1, -0.05) is 0 Å². The lowest BCUT2D eigenvalue weighted by molar-refractivity contribution is 0.628. The van der Waals surface area contributed by atoms with Crippen molar-refractivity contribution in [2.45, 2.75) is 6.92 Å². The Hall–Kier alpha value is -2.50. The quantitative estimate of drug-likeness (QED) is 0.706. The third kappa shape index (κ3) is 1.58. The van der Waals surface area contributed by atoms with Crippen molar-refractivity contribution in [3.8, 4) is 11.4 Å². The summed E-state index contributed by atoms with van der Waals surface area (Å²) in [6.45, 7) is 1.79. The van der Waals surface area contributed by atoms with Crippen LogP contribution < -0.4 is 5.56 Å². The molecule has 0 atom stereocenters. The fourth-order valence-corrected chi connectivity index (χ4v) is 1.89. The zero-order chi connectivity index (χ0) is 12.7. The second-order valence-electron chi connectivity index (χ2n) is 3.96. The Balaban J connectivity index is 2.30. The van der Waals surface area contributed by atoms with Gasteiger partial charge in [-0.2, -0.15) is 0 Å². The predicted octanol–water partition coefficient (Wildman–Crippen LogP) is 1.53. The van der Waals surface area contributed by atoms with Gasteiger partial charge in [0.05, 0.1) is 0 Å². The van der Waals surface area contributed by atoms with Crippen LogP contribution in [0.15, 0.2) is 35.1 Å². The first-order valence-electron chi connectivity index (χ1n) is 5.36. The number of rotatable bonds is 1. The van der Waals surface area contributed by atoms with Gasteiger partial charge in [-0.05, 0) is 31.2 Å². The number of hydrogen-bond acceptors (Lipinski definition) is 3. The molecule has 3 rings (SSSR count). The SMILES string of the molecule is Cc1cc(=O)[nH]c2nnc(-c3ccc(F)cc3)n12. The van der Waals surface area contributed by atoms with Gasteiger partial charge in [0.2, 0.25) is 5.78 Å². The highest BCUT2D eigenvalue weighted by Crippen LogP contribution is 2.18. The standard InChI is InChI=1S/C12H9FN4O/c1-7-6-10(18)14-12-16-15-11(17(7)12)8-2-4-9(13)5-3-8/h2-6H,1H3,(H,14,16,18). The third-order valence-electron chi connectivity index (χ3n) is 2.69. The summed E-state index contributed by atoms with van der Waals surface area (Å²) in [6, 6.07) is 7.42. The summed E-state index contributed by atoms with van der Waals surface area (Å²) in [5, 5.41) is 7.92. The lowest BCUT2D eigenvalue weighted by Gasteiger charge is -2.02. The van der Waals surface area contributed by atoms with Crippen LogP contribution in [0.3, 0.4) is 0 Å². The maximum absolute atomic E-state index is 12.9. The van der Waals surface area contributed by atoms with Crippen molar-refractivity contribution >= 4 is 5.78 Å². The molecule has 90 valence electrons. The molecule has 0 aliphatic rings. The Morgan fingerprint density at radius 3 is 2.67 bits per heavy atom. The van der Waals surface area contributed by atoms with E-state index in [-0.39, 0.29) is 11.4 Å². The van der Waals surface area contributed by atoms with E-state index >= 15 is 0 Å². The van der Waals surface area contributed by atoms with E-state index in [9.17, 15) is 9.18 Å². The molecule has 0 spiro atoms. The van der Waals surface area contributed by atoms with Gasteiger partial charge in [0, 0.05) is 17.3 Å². The molecule has 6 heteroatoms. The fraction of sp³-hybridized carbons (Fsp3) is 0.0833. The highest BCUT2D eigenvalue weighted by Gasteiger charge is 2.10. The molecule has 1 aromatic carbocycles. The van der Waals surface area contributed by atoms with Gasteiger partial charge in [-0.3, -0.25) is 14.2 Å². The predicted molar refractivity (Wildman–Crippen MR) is 63.7 cm³/mol. The van der Waals surface area contributed by atoms with Gasteiger partial charge < -0.3 is 0 Å². The van der Waals surface area contributed by atoms with Crippen LogP contribution in [0.25, 0.3) is 17.2 Å². The first-order chi connectivity index (χ1) is 8.65. The smallest absolute Gasteiger partial charge is 0.252 e. The molecule has 0 amide bonds. The van der Waals surface area contributed by atoms with E-state index in [1.807, 2.05) is 0 Å². The van der Waals surface area contributed by atoms with Crippen molar-refractivity contribution in [3.63, 3.8) is 0 Å². The summed E-state index contributed by atoms with van der Waals surface area (Å²) in [7, 11) is 0. The number of aromatic amines is 1. The van der Waals surface area contributed by atoms with Crippen LogP contribution in [0.2, 0.25) is 0 Å². The average molecular weight is 244 g/mol. The number of aromatic nitrogens is 4. The molecule has 2 aromatic heterocycles. The summed E-state index contributed by atoms with van der Waals surface area (Å²) >= 11 is 0. The molecular formula is C12H9FN4O. The third-order valence-corrected chi connectivity index (χ3v) is 2.69. The Bertz CT molecular complexity index is 773. The lowest BCUT2D eigenvalue weighted by Crippen LogP contribution is -2.09. The highest BCUT2D eigenvalue weighted by molar-refractivity contribution is 5.58. The van der Waals surface area contributed by atoms with Crippen molar-refractivity contribution in [3.05, 3.63) is 52.2 Å². The number of halogens is 1. The Morgan fingerprint density at radius 2 is 1.94 bits per heavy atom. The van der Waals surface area contributed by atoms with Crippen molar-refractivity contribution in [1.82, 2.24) is 19.6 Å². The number of nitrogens with one attached hydrogen (secondary N) is 1. The molecule has 0 unspecified atom stereocenters. The van der Waals surface area contributed by atoms with E-state index in [0.29, 0.717) is 11.6 Å². The zero-order valence-corrected chi connectivity index (χ0v) is 9.51. The summed E-state index contributed by atoms with van der Waals surface area (Å²) in [5.74, 6) is 0.635. The monoisotopic (exact) mass is 244 g/mol. The topological polar surface area (TPSA) is 63.0 Å². The first kappa shape index (κ1) is 10.6. The molecule has 2 heterocycles. The fourth-order valence-electron chi connectivity index (χ4n) is 1.89. The summed E-state index contributed by atoms with van der Waals surface area (Å²) in [6.07, 6.45) is 0. The summed E-state index contributed by atoms with van der Waals surface area (Å²) < 4.78 is 14.6. The zero-order valence-electron chi connectivity index (χ0n) is 9.51. The van der Waals surface area contributed by atoms with Crippen molar-refractivity contribution in [2.75, 3.05) is 0 Å². The first-order valence-corrected chi connectivity index (χ1v) is 5.36. The van der Waals surface area contributed by atoms with E-state index < -0.39 is 0 Å². The Morgan fingerprint density at radius 1 is 1.22 bits per heavy atom. The van der Waals surface area contributed by atoms with Gasteiger partial charge in [-0.15, -0.1) is 10.2 Å². The van der Waals surface area contributed by atoms with E-state index in [0.717, 1.165) is 11.3 Å². The van der Waals surface area contributed by atoms with Gasteiger partial charge in [0.25, 0.3) is 5.56 Å². The van der Waals surface area contributed by atoms with E-state index in [2.05, 4.69) is 15.2 Å². The van der Waals surface area contributed by atoms with Crippen LogP contribution in [0.4, 0.5) is 4.39 Å². The molecule has 5 nitrogen and oxygen atoms in total. The van der Waals surface area contributed by atoms with E-state index in [4.69, 9.17) is 0 Å². The van der Waals surface area contributed by atoms with E-state index in [1.165, 1.54) is 18.2 Å². The van der Waals surface area contributed by atoms with Crippen LogP contribution in [0.5, 0.6) is 0 Å². The molecule has 0 saturated carbocycles. The summed E-state index contributed by atoms with van der Waals surface area (Å²) in [4.78, 5) is 13.9. The van der Waals surface area contributed by atoms with Crippen LogP contribution in [0, 0.1) is 12.7 Å². The van der Waals surface area contributed by atoms with Crippen LogP contribution in [-0.2, 0) is 0 Å². The van der Waals surface area contributed by atoms with Crippen molar-refractivity contribution in [2.24, 2.45) is 0 Å². The molecule has 0 radical (unpaired) electrons. The maximum Gasteiger partial charge on any atom is 0.252 e. The number of nitrogens with zero attached hydrogens (tertiary/aromatic N) is 3. The second kappa shape index (κ2) is 3.76. The van der Waals surface area contributed by atoms with Crippen LogP contribution >= 0.6 is 0 Å². The average Bonchev–Trinajstić information content (AvgIpc) is 2.74. The van der Waals surface area contributed by atoms with Gasteiger partial charge in [0.15, 0.2) is 5.82 Å². The number of fused-ring (bicyclic) bond motifs is 1. The minimum Gasteiger partial charge on any atom is -0.291 e. The molecular weight excluding hydrogens is 235 g/mol. The molecule has 0 aliphatic carbocycles. The molecule has 0 fully saturated rings. The highest BCUT2D eigenvalue weighted by atomic mass is 19.1. The van der Waals surface area contributed by atoms with Gasteiger partial charge in [0.1, 0.15) is 5.82 Å². The van der Waals surface area contributed by atoms with E-state index in [1.54, 1.807) is 23.5 Å². The lowest BCUT2D eigenvalue weighted by atomic mass is 10.2. The van der Waals surface area contributed by atoms with Crippen LogP contribution in [-0.4, -0.2) is 19.6 Å². The minimum atomic E-state index is -0.308. The number of benzene rings is 1. The number of hydrogen-bond donors (Lipinski definition) is 1. The van der Waals surface area contributed by atoms with Crippen molar-refractivity contribution in [1.29, 1.82) is 0 Å². The maximum atomic E-state index is 12.9. The molecule has 3 aromatic rings. The molecule has 1 N–H and O–H groups in total. The normalized spacial score (nSPS) is 11.0. The van der Waals surface area contributed by atoms with Gasteiger partial charge in [-0.25, -0.2) is 4.39 Å². The largest absolute Gasteiger partial charge is 0.291 e. The number of H-pyrrole nitrogens is 1. The van der Waals surface area contributed by atoms with Gasteiger partial charge >= 0.3 is 0 Å². The molecule has 0 saturated heterocycles. The van der Waals surface area contributed by atoms with Crippen molar-refractivity contribution < 1.29 is 4.39 Å². The van der Waals surface area contributed by atoms with Crippen LogP contribution in [0.1, 0.15) is 5.69 Å². The Kier molecular flexibility index (Phi) is 2.22. The molecule has 0 aliphatic heterocycles. The summed E-state index contributed by atoms with van der Waals surface area (Å²) in [5.41, 5.74) is 1.23.